The Morgan fingerprint density at radius 1 is 1.70 bits per heavy atom. The van der Waals surface area contributed by atoms with Gasteiger partial charge in [-0.05, 0) is 18.4 Å². The average Bonchev–Trinajstić information content (AvgIpc) is 2.34. The summed E-state index contributed by atoms with van der Waals surface area (Å²) < 4.78 is 0. The molecule has 0 aromatic heterocycles. The molecule has 0 aliphatic heterocycles. The Labute approximate surface area is 61.9 Å². The molecule has 2 N–H and O–H groups in total. The summed E-state index contributed by atoms with van der Waals surface area (Å²) in [5, 5.41) is 0. The summed E-state index contributed by atoms with van der Waals surface area (Å²) in [7, 11) is 0. The van der Waals surface area contributed by atoms with Gasteiger partial charge in [-0.15, -0.1) is 0 Å². The molecule has 0 radical (unpaired) electrons. The third kappa shape index (κ3) is 1.29. The molecule has 0 atom stereocenters. The van der Waals surface area contributed by atoms with Crippen molar-refractivity contribution < 1.29 is 0 Å². The van der Waals surface area contributed by atoms with Crippen LogP contribution in [0.3, 0.4) is 0 Å². The first-order valence-corrected chi connectivity index (χ1v) is 3.57. The van der Waals surface area contributed by atoms with Gasteiger partial charge in [-0.25, -0.2) is 0 Å². The van der Waals surface area contributed by atoms with Gasteiger partial charge >= 0.3 is 0 Å². The summed E-state index contributed by atoms with van der Waals surface area (Å²) in [4.78, 5) is 0. The smallest absolute Gasteiger partial charge is 0.0276 e. The molecule has 0 fully saturated rings. The fourth-order valence-electron chi connectivity index (χ4n) is 1.04. The highest BCUT2D eigenvalue weighted by molar-refractivity contribution is 5.40. The van der Waals surface area contributed by atoms with Crippen molar-refractivity contribution >= 4 is 0 Å². The third-order valence-corrected chi connectivity index (χ3v) is 1.80. The summed E-state index contributed by atoms with van der Waals surface area (Å²) in [6.07, 6.45) is 6.31. The minimum absolute atomic E-state index is 0.708. The lowest BCUT2D eigenvalue weighted by molar-refractivity contribution is 1.02. The number of hydrogen-bond acceptors (Lipinski definition) is 1. The van der Waals surface area contributed by atoms with Crippen molar-refractivity contribution in [2.24, 2.45) is 5.73 Å². The summed E-state index contributed by atoms with van der Waals surface area (Å²) >= 11 is 0. The monoisotopic (exact) mass is 135 g/mol. The maximum Gasteiger partial charge on any atom is 0.0276 e. The van der Waals surface area contributed by atoms with Gasteiger partial charge in [0.25, 0.3) is 0 Å². The van der Waals surface area contributed by atoms with Crippen molar-refractivity contribution in [3.8, 4) is 0 Å². The highest BCUT2D eigenvalue weighted by Crippen LogP contribution is 2.23. The van der Waals surface area contributed by atoms with Gasteiger partial charge in [-0.2, -0.15) is 0 Å². The van der Waals surface area contributed by atoms with E-state index in [0.717, 1.165) is 12.8 Å². The van der Waals surface area contributed by atoms with Crippen molar-refractivity contribution in [3.63, 3.8) is 0 Å². The zero-order chi connectivity index (χ0) is 7.56. The van der Waals surface area contributed by atoms with Crippen LogP contribution in [-0.4, -0.2) is 0 Å². The van der Waals surface area contributed by atoms with Crippen LogP contribution in [0.5, 0.6) is 0 Å². The summed E-state index contributed by atoms with van der Waals surface area (Å²) in [6, 6.07) is 0. The Balaban J connectivity index is 2.56. The Morgan fingerprint density at radius 3 is 2.70 bits per heavy atom. The molecule has 0 saturated heterocycles. The highest BCUT2D eigenvalue weighted by Gasteiger charge is 2.06. The van der Waals surface area contributed by atoms with Gasteiger partial charge in [-0.1, -0.05) is 31.2 Å². The van der Waals surface area contributed by atoms with E-state index in [4.69, 9.17) is 5.73 Å². The molecule has 10 heavy (non-hydrogen) atoms. The number of nitrogens with two attached hydrogens (primary N) is 1. The van der Waals surface area contributed by atoms with Crippen LogP contribution in [0.4, 0.5) is 0 Å². The Morgan fingerprint density at radius 2 is 2.40 bits per heavy atom. The molecule has 0 unspecified atom stereocenters. The molecule has 1 nitrogen and oxygen atoms in total. The van der Waals surface area contributed by atoms with E-state index in [2.05, 4.69) is 25.7 Å². The van der Waals surface area contributed by atoms with E-state index < -0.39 is 0 Å². The van der Waals surface area contributed by atoms with Crippen LogP contribution in [0, 0.1) is 0 Å². The van der Waals surface area contributed by atoms with E-state index in [1.807, 2.05) is 0 Å². The van der Waals surface area contributed by atoms with E-state index in [1.165, 1.54) is 11.1 Å². The van der Waals surface area contributed by atoms with Crippen LogP contribution in [0.25, 0.3) is 0 Å². The van der Waals surface area contributed by atoms with Gasteiger partial charge in [0.15, 0.2) is 0 Å². The molecule has 0 aromatic carbocycles. The second kappa shape index (κ2) is 2.74. The molecule has 0 saturated carbocycles. The first-order chi connectivity index (χ1) is 4.74. The Kier molecular flexibility index (Phi) is 1.95. The van der Waals surface area contributed by atoms with Gasteiger partial charge in [0, 0.05) is 5.70 Å². The van der Waals surface area contributed by atoms with Crippen molar-refractivity contribution in [2.75, 3.05) is 0 Å². The topological polar surface area (TPSA) is 26.0 Å². The van der Waals surface area contributed by atoms with E-state index in [0.29, 0.717) is 5.70 Å². The van der Waals surface area contributed by atoms with Crippen molar-refractivity contribution in [1.82, 2.24) is 0 Å². The largest absolute Gasteiger partial charge is 0.399 e. The predicted molar refractivity (Wildman–Crippen MR) is 44.4 cm³/mol. The first kappa shape index (κ1) is 7.13. The van der Waals surface area contributed by atoms with Gasteiger partial charge in [0.1, 0.15) is 0 Å². The Hall–Kier alpha value is -0.980. The lowest BCUT2D eigenvalue weighted by atomic mass is 10.1. The molecule has 0 heterocycles. The SMILES string of the molecule is C=C(N)C1=CC=C(CC)C1. The molecule has 0 amide bonds. The van der Waals surface area contributed by atoms with Gasteiger partial charge in [-0.3, -0.25) is 0 Å². The second-order valence-corrected chi connectivity index (χ2v) is 2.57. The summed E-state index contributed by atoms with van der Waals surface area (Å²) in [5.74, 6) is 0. The van der Waals surface area contributed by atoms with Gasteiger partial charge in [0.05, 0.1) is 0 Å². The number of hydrogen-bond donors (Lipinski definition) is 1. The van der Waals surface area contributed by atoms with Gasteiger partial charge < -0.3 is 5.73 Å². The van der Waals surface area contributed by atoms with Crippen molar-refractivity contribution in [2.45, 2.75) is 19.8 Å². The molecule has 0 aromatic rings. The second-order valence-electron chi connectivity index (χ2n) is 2.57. The normalized spacial score (nSPS) is 16.5. The highest BCUT2D eigenvalue weighted by atomic mass is 14.6. The summed E-state index contributed by atoms with van der Waals surface area (Å²) in [5.41, 5.74) is 8.85. The zero-order valence-corrected chi connectivity index (χ0v) is 6.35. The van der Waals surface area contributed by atoms with E-state index in [-0.39, 0.29) is 0 Å². The maximum absolute atomic E-state index is 5.52. The molecule has 0 bridgehead atoms. The maximum atomic E-state index is 5.52. The molecular weight excluding hydrogens is 122 g/mol. The van der Waals surface area contributed by atoms with E-state index >= 15 is 0 Å². The number of allylic oxidation sites excluding steroid dienone is 4. The predicted octanol–water partition coefficient (Wildman–Crippen LogP) is 2.13. The molecule has 1 heteroatoms. The fraction of sp³-hybridized carbons (Fsp3) is 0.333. The lowest BCUT2D eigenvalue weighted by Crippen LogP contribution is -1.97. The first-order valence-electron chi connectivity index (χ1n) is 3.57. The van der Waals surface area contributed by atoms with Crippen LogP contribution in [0.2, 0.25) is 0 Å². The number of rotatable bonds is 2. The van der Waals surface area contributed by atoms with E-state index in [1.54, 1.807) is 0 Å². The Bertz CT molecular complexity index is 209. The lowest BCUT2D eigenvalue weighted by Gasteiger charge is -2.00. The van der Waals surface area contributed by atoms with Crippen molar-refractivity contribution in [1.29, 1.82) is 0 Å². The van der Waals surface area contributed by atoms with E-state index in [9.17, 15) is 0 Å². The minimum atomic E-state index is 0.708. The molecule has 0 spiro atoms. The average molecular weight is 135 g/mol. The van der Waals surface area contributed by atoms with Crippen LogP contribution in [-0.2, 0) is 0 Å². The van der Waals surface area contributed by atoms with Crippen molar-refractivity contribution in [3.05, 3.63) is 35.6 Å². The third-order valence-electron chi connectivity index (χ3n) is 1.80. The summed E-state index contributed by atoms with van der Waals surface area (Å²) in [6.45, 7) is 5.84. The molecule has 1 aliphatic rings. The standard InChI is InChI=1S/C9H13N/c1-3-8-4-5-9(6-8)7(2)10/h4-5H,2-3,6,10H2,1H3. The van der Waals surface area contributed by atoms with Crippen LogP contribution in [0.1, 0.15) is 19.8 Å². The van der Waals surface area contributed by atoms with Crippen LogP contribution < -0.4 is 5.73 Å². The molecular formula is C9H13N. The van der Waals surface area contributed by atoms with Crippen LogP contribution >= 0.6 is 0 Å². The fourth-order valence-corrected chi connectivity index (χ4v) is 1.04. The van der Waals surface area contributed by atoms with Gasteiger partial charge in [0.2, 0.25) is 0 Å². The quantitative estimate of drug-likeness (QED) is 0.616. The molecule has 1 aliphatic carbocycles. The molecule has 1 rings (SSSR count). The van der Waals surface area contributed by atoms with Crippen LogP contribution in [0.15, 0.2) is 35.6 Å². The molecule has 54 valence electrons. The minimum Gasteiger partial charge on any atom is -0.399 e. The zero-order valence-electron chi connectivity index (χ0n) is 6.35.